The predicted molar refractivity (Wildman–Crippen MR) is 114 cm³/mol. The molecule has 0 saturated carbocycles. The maximum atomic E-state index is 12.6. The van der Waals surface area contributed by atoms with Gasteiger partial charge in [0.05, 0.1) is 11.4 Å². The molecule has 0 bridgehead atoms. The minimum absolute atomic E-state index is 0.0816. The fourth-order valence-electron chi connectivity index (χ4n) is 2.66. The van der Waals surface area contributed by atoms with Crippen molar-refractivity contribution in [2.45, 2.75) is 12.3 Å². The van der Waals surface area contributed by atoms with Gasteiger partial charge in [0.25, 0.3) is 0 Å². The van der Waals surface area contributed by atoms with Crippen molar-refractivity contribution in [2.24, 2.45) is 0 Å². The lowest BCUT2D eigenvalue weighted by Crippen LogP contribution is -2.29. The quantitative estimate of drug-likeness (QED) is 0.625. The maximum absolute atomic E-state index is 12.6. The second-order valence-electron chi connectivity index (χ2n) is 6.42. The summed E-state index contributed by atoms with van der Waals surface area (Å²) in [5.74, 6) is -0.0816. The first-order chi connectivity index (χ1) is 13.9. The SMILES string of the molecule is CN(c1ccc(NC(=O)NCc2ccncc2)cc1)S(=O)(=O)Cc1ccccc1. The van der Waals surface area contributed by atoms with Crippen LogP contribution in [0.2, 0.25) is 0 Å². The predicted octanol–water partition coefficient (Wildman–Crippen LogP) is 3.37. The molecule has 0 atom stereocenters. The Morgan fingerprint density at radius 3 is 2.24 bits per heavy atom. The molecule has 2 aromatic carbocycles. The normalized spacial score (nSPS) is 10.9. The Kier molecular flexibility index (Phi) is 6.46. The van der Waals surface area contributed by atoms with Crippen LogP contribution < -0.4 is 14.9 Å². The first-order valence-electron chi connectivity index (χ1n) is 8.98. The Balaban J connectivity index is 1.58. The summed E-state index contributed by atoms with van der Waals surface area (Å²) in [5, 5.41) is 5.48. The van der Waals surface area contributed by atoms with Gasteiger partial charge in [0.1, 0.15) is 0 Å². The number of hydrogen-bond acceptors (Lipinski definition) is 4. The molecule has 1 aromatic heterocycles. The van der Waals surface area contributed by atoms with Crippen LogP contribution in [0.3, 0.4) is 0 Å². The molecule has 3 rings (SSSR count). The molecule has 0 fully saturated rings. The van der Waals surface area contributed by atoms with E-state index in [0.29, 0.717) is 17.9 Å². The number of sulfonamides is 1. The fourth-order valence-corrected chi connectivity index (χ4v) is 3.91. The third-order valence-electron chi connectivity index (χ3n) is 4.30. The van der Waals surface area contributed by atoms with Crippen LogP contribution in [-0.4, -0.2) is 26.5 Å². The van der Waals surface area contributed by atoms with E-state index in [-0.39, 0.29) is 11.8 Å². The Labute approximate surface area is 170 Å². The number of anilines is 2. The molecule has 0 aliphatic carbocycles. The fraction of sp³-hybridized carbons (Fsp3) is 0.143. The van der Waals surface area contributed by atoms with Crippen LogP contribution in [0.4, 0.5) is 16.2 Å². The van der Waals surface area contributed by atoms with Gasteiger partial charge in [0.2, 0.25) is 10.0 Å². The van der Waals surface area contributed by atoms with E-state index in [9.17, 15) is 13.2 Å². The minimum atomic E-state index is -3.51. The first kappa shape index (κ1) is 20.3. The second kappa shape index (κ2) is 9.20. The van der Waals surface area contributed by atoms with Gasteiger partial charge in [-0.05, 0) is 47.5 Å². The van der Waals surface area contributed by atoms with Crippen molar-refractivity contribution in [2.75, 3.05) is 16.7 Å². The summed E-state index contributed by atoms with van der Waals surface area (Å²) in [6.07, 6.45) is 3.33. The summed E-state index contributed by atoms with van der Waals surface area (Å²) >= 11 is 0. The Morgan fingerprint density at radius 1 is 0.931 bits per heavy atom. The van der Waals surface area contributed by atoms with Gasteiger partial charge in [-0.1, -0.05) is 30.3 Å². The summed E-state index contributed by atoms with van der Waals surface area (Å²) in [4.78, 5) is 16.0. The average Bonchev–Trinajstić information content (AvgIpc) is 2.73. The molecular formula is C21H22N4O3S. The van der Waals surface area contributed by atoms with E-state index in [1.165, 1.54) is 11.4 Å². The van der Waals surface area contributed by atoms with Crippen molar-refractivity contribution < 1.29 is 13.2 Å². The molecule has 2 amide bonds. The van der Waals surface area contributed by atoms with E-state index in [0.717, 1.165) is 11.1 Å². The smallest absolute Gasteiger partial charge is 0.319 e. The van der Waals surface area contributed by atoms with Crippen molar-refractivity contribution in [3.63, 3.8) is 0 Å². The highest BCUT2D eigenvalue weighted by Crippen LogP contribution is 2.21. The number of carbonyl (C=O) groups excluding carboxylic acids is 1. The van der Waals surface area contributed by atoms with Crippen LogP contribution in [0.1, 0.15) is 11.1 Å². The Hall–Kier alpha value is -3.39. The molecule has 2 N–H and O–H groups in total. The summed E-state index contributed by atoms with van der Waals surface area (Å²) in [6, 6.07) is 19.0. The van der Waals surface area contributed by atoms with Crippen LogP contribution in [0.5, 0.6) is 0 Å². The van der Waals surface area contributed by atoms with Gasteiger partial charge in [0.15, 0.2) is 0 Å². The third kappa shape index (κ3) is 5.79. The van der Waals surface area contributed by atoms with Crippen molar-refractivity contribution >= 4 is 27.4 Å². The summed E-state index contributed by atoms with van der Waals surface area (Å²) in [7, 11) is -2.00. The Bertz CT molecular complexity index is 1040. The number of benzene rings is 2. The molecule has 1 heterocycles. The van der Waals surface area contributed by atoms with Crippen LogP contribution >= 0.6 is 0 Å². The number of hydrogen-bond donors (Lipinski definition) is 2. The molecule has 8 heteroatoms. The van der Waals surface area contributed by atoms with E-state index in [1.54, 1.807) is 48.8 Å². The zero-order valence-corrected chi connectivity index (χ0v) is 16.8. The number of rotatable bonds is 7. The summed E-state index contributed by atoms with van der Waals surface area (Å²) in [6.45, 7) is 0.382. The highest BCUT2D eigenvalue weighted by atomic mass is 32.2. The van der Waals surface area contributed by atoms with Gasteiger partial charge in [-0.25, -0.2) is 13.2 Å². The van der Waals surface area contributed by atoms with Crippen molar-refractivity contribution in [3.8, 4) is 0 Å². The molecule has 0 spiro atoms. The number of nitrogens with zero attached hydrogens (tertiary/aromatic N) is 2. The lowest BCUT2D eigenvalue weighted by atomic mass is 10.2. The van der Waals surface area contributed by atoms with Crippen LogP contribution in [-0.2, 0) is 22.3 Å². The first-order valence-corrected chi connectivity index (χ1v) is 10.6. The second-order valence-corrected chi connectivity index (χ2v) is 8.42. The van der Waals surface area contributed by atoms with Gasteiger partial charge in [-0.15, -0.1) is 0 Å². The van der Waals surface area contributed by atoms with Gasteiger partial charge < -0.3 is 10.6 Å². The zero-order chi connectivity index (χ0) is 20.7. The monoisotopic (exact) mass is 410 g/mol. The van der Waals surface area contributed by atoms with E-state index in [1.807, 2.05) is 30.3 Å². The van der Waals surface area contributed by atoms with Gasteiger partial charge >= 0.3 is 6.03 Å². The standard InChI is InChI=1S/C21H22N4O3S/c1-25(29(27,28)16-18-5-3-2-4-6-18)20-9-7-19(8-10-20)24-21(26)23-15-17-11-13-22-14-12-17/h2-14H,15-16H2,1H3,(H2,23,24,26). The Morgan fingerprint density at radius 2 is 1.59 bits per heavy atom. The largest absolute Gasteiger partial charge is 0.334 e. The van der Waals surface area contributed by atoms with E-state index in [4.69, 9.17) is 0 Å². The number of aromatic nitrogens is 1. The molecule has 0 aliphatic rings. The van der Waals surface area contributed by atoms with Crippen LogP contribution in [0.15, 0.2) is 79.1 Å². The van der Waals surface area contributed by atoms with E-state index >= 15 is 0 Å². The summed E-state index contributed by atoms with van der Waals surface area (Å²) in [5.41, 5.74) is 2.75. The number of carbonyl (C=O) groups is 1. The van der Waals surface area contributed by atoms with Gasteiger partial charge in [0, 0.05) is 31.7 Å². The number of nitrogens with one attached hydrogen (secondary N) is 2. The van der Waals surface area contributed by atoms with Crippen LogP contribution in [0, 0.1) is 0 Å². The third-order valence-corrected chi connectivity index (χ3v) is 6.04. The molecule has 150 valence electrons. The number of amides is 2. The van der Waals surface area contributed by atoms with E-state index in [2.05, 4.69) is 15.6 Å². The lowest BCUT2D eigenvalue weighted by molar-refractivity contribution is 0.251. The molecule has 0 aliphatic heterocycles. The molecule has 29 heavy (non-hydrogen) atoms. The number of urea groups is 1. The van der Waals surface area contributed by atoms with Crippen molar-refractivity contribution in [3.05, 3.63) is 90.3 Å². The average molecular weight is 410 g/mol. The van der Waals surface area contributed by atoms with Gasteiger partial charge in [-0.2, -0.15) is 0 Å². The highest BCUT2D eigenvalue weighted by Gasteiger charge is 2.19. The van der Waals surface area contributed by atoms with E-state index < -0.39 is 10.0 Å². The van der Waals surface area contributed by atoms with Crippen LogP contribution in [0.25, 0.3) is 0 Å². The lowest BCUT2D eigenvalue weighted by Gasteiger charge is -2.20. The topological polar surface area (TPSA) is 91.4 Å². The molecule has 0 unspecified atom stereocenters. The summed E-state index contributed by atoms with van der Waals surface area (Å²) < 4.78 is 26.5. The number of pyridine rings is 1. The highest BCUT2D eigenvalue weighted by molar-refractivity contribution is 7.92. The molecule has 7 nitrogen and oxygen atoms in total. The molecular weight excluding hydrogens is 388 g/mol. The van der Waals surface area contributed by atoms with Crippen molar-refractivity contribution in [1.82, 2.24) is 10.3 Å². The van der Waals surface area contributed by atoms with Crippen molar-refractivity contribution in [1.29, 1.82) is 0 Å². The molecule has 3 aromatic rings. The molecule has 0 saturated heterocycles. The zero-order valence-electron chi connectivity index (χ0n) is 15.9. The maximum Gasteiger partial charge on any atom is 0.319 e. The minimum Gasteiger partial charge on any atom is -0.334 e. The van der Waals surface area contributed by atoms with Gasteiger partial charge in [-0.3, -0.25) is 9.29 Å². The molecule has 0 radical (unpaired) electrons.